The van der Waals surface area contributed by atoms with Gasteiger partial charge in [-0.25, -0.2) is 0 Å². The van der Waals surface area contributed by atoms with Crippen molar-refractivity contribution in [1.82, 2.24) is 0 Å². The molecule has 0 saturated carbocycles. The van der Waals surface area contributed by atoms with Crippen molar-refractivity contribution in [2.45, 2.75) is 13.0 Å². The van der Waals surface area contributed by atoms with Crippen LogP contribution < -0.4 is 0 Å². The van der Waals surface area contributed by atoms with Crippen LogP contribution in [0.1, 0.15) is 12.0 Å². The van der Waals surface area contributed by atoms with Gasteiger partial charge in [-0.2, -0.15) is 0 Å². The normalized spacial score (nSPS) is 10.3. The molecule has 72 valence electrons. The zero-order chi connectivity index (χ0) is 9.52. The molecule has 0 aromatic heterocycles. The number of benzene rings is 1. The zero-order valence-electron chi connectivity index (χ0n) is 7.30. The molecule has 0 spiro atoms. The second kappa shape index (κ2) is 6.41. The van der Waals surface area contributed by atoms with Crippen molar-refractivity contribution < 1.29 is 4.74 Å². The Morgan fingerprint density at radius 3 is 2.77 bits per heavy atom. The number of alkyl halides is 1. The Labute approximate surface area is 92.2 Å². The summed E-state index contributed by atoms with van der Waals surface area (Å²) in [6, 6.07) is 8.06. The van der Waals surface area contributed by atoms with E-state index in [1.165, 1.54) is 5.56 Å². The van der Waals surface area contributed by atoms with Crippen LogP contribution in [0.25, 0.3) is 0 Å². The molecule has 1 aromatic rings. The summed E-state index contributed by atoms with van der Waals surface area (Å²) in [4.78, 5) is 0. The summed E-state index contributed by atoms with van der Waals surface area (Å²) in [6.45, 7) is 1.38. The maximum Gasteiger partial charge on any atom is 0.0727 e. The van der Waals surface area contributed by atoms with Gasteiger partial charge >= 0.3 is 0 Å². The lowest BCUT2D eigenvalue weighted by molar-refractivity contribution is 0.121. The first-order valence-corrected chi connectivity index (χ1v) is 5.54. The molecule has 0 unspecified atom stereocenters. The van der Waals surface area contributed by atoms with E-state index in [4.69, 9.17) is 16.3 Å². The Morgan fingerprint density at radius 2 is 2.08 bits per heavy atom. The molecule has 0 atom stereocenters. The predicted molar refractivity (Wildman–Crippen MR) is 59.1 cm³/mol. The molecule has 13 heavy (non-hydrogen) atoms. The van der Waals surface area contributed by atoms with Gasteiger partial charge in [0.05, 0.1) is 6.61 Å². The predicted octanol–water partition coefficient (Wildman–Crippen LogP) is 3.59. The van der Waals surface area contributed by atoms with E-state index < -0.39 is 0 Å². The monoisotopic (exact) mass is 262 g/mol. The lowest BCUT2D eigenvalue weighted by atomic mass is 10.2. The average Bonchev–Trinajstić information content (AvgIpc) is 2.15. The van der Waals surface area contributed by atoms with Crippen LogP contribution in [0.3, 0.4) is 0 Å². The summed E-state index contributed by atoms with van der Waals surface area (Å²) in [6.07, 6.45) is 0.909. The van der Waals surface area contributed by atoms with Gasteiger partial charge < -0.3 is 4.74 Å². The molecule has 0 aliphatic heterocycles. The first kappa shape index (κ1) is 11.0. The molecule has 1 nitrogen and oxygen atoms in total. The Morgan fingerprint density at radius 1 is 1.31 bits per heavy atom. The van der Waals surface area contributed by atoms with Gasteiger partial charge in [0.25, 0.3) is 0 Å². The van der Waals surface area contributed by atoms with Crippen molar-refractivity contribution >= 4 is 27.5 Å². The number of hydrogen-bond acceptors (Lipinski definition) is 1. The third kappa shape index (κ3) is 4.12. The van der Waals surface area contributed by atoms with Crippen LogP contribution in [-0.4, -0.2) is 12.5 Å². The fourth-order valence-corrected chi connectivity index (χ4v) is 1.46. The highest BCUT2D eigenvalue weighted by molar-refractivity contribution is 9.10. The van der Waals surface area contributed by atoms with E-state index in [-0.39, 0.29) is 0 Å². The average molecular weight is 264 g/mol. The van der Waals surface area contributed by atoms with Crippen LogP contribution in [0, 0.1) is 0 Å². The first-order chi connectivity index (χ1) is 6.34. The van der Waals surface area contributed by atoms with Crippen molar-refractivity contribution in [2.24, 2.45) is 0 Å². The van der Waals surface area contributed by atoms with Crippen LogP contribution in [0.5, 0.6) is 0 Å². The minimum absolute atomic E-state index is 0.651. The van der Waals surface area contributed by atoms with Crippen molar-refractivity contribution in [3.8, 4) is 0 Å². The number of hydrogen-bond donors (Lipinski definition) is 0. The van der Waals surface area contributed by atoms with Crippen molar-refractivity contribution in [3.05, 3.63) is 34.3 Å². The van der Waals surface area contributed by atoms with E-state index in [1.807, 2.05) is 24.3 Å². The van der Waals surface area contributed by atoms with Gasteiger partial charge in [-0.15, -0.1) is 11.6 Å². The molecule has 0 fully saturated rings. The lowest BCUT2D eigenvalue weighted by Crippen LogP contribution is -1.96. The Hall–Kier alpha value is -0.0500. The Bertz CT molecular complexity index is 252. The standard InChI is InChI=1S/C10H12BrClO/c11-10-5-2-1-4-9(10)8-13-7-3-6-12/h1-2,4-5H,3,6-8H2. The van der Waals surface area contributed by atoms with Gasteiger partial charge in [0.2, 0.25) is 0 Å². The van der Waals surface area contributed by atoms with Crippen LogP contribution in [0.15, 0.2) is 28.7 Å². The van der Waals surface area contributed by atoms with Crippen LogP contribution in [0.4, 0.5) is 0 Å². The SMILES string of the molecule is ClCCCOCc1ccccc1Br. The fraction of sp³-hybridized carbons (Fsp3) is 0.400. The van der Waals surface area contributed by atoms with Crippen LogP contribution in [0.2, 0.25) is 0 Å². The molecule has 0 heterocycles. The molecule has 0 amide bonds. The number of halogens is 2. The quantitative estimate of drug-likeness (QED) is 0.583. The summed E-state index contributed by atoms with van der Waals surface area (Å²) in [5, 5.41) is 0. The van der Waals surface area contributed by atoms with Crippen LogP contribution >= 0.6 is 27.5 Å². The van der Waals surface area contributed by atoms with Gasteiger partial charge in [-0.3, -0.25) is 0 Å². The largest absolute Gasteiger partial charge is 0.377 e. The maximum atomic E-state index is 5.53. The summed E-state index contributed by atoms with van der Waals surface area (Å²) in [7, 11) is 0. The molecule has 0 radical (unpaired) electrons. The summed E-state index contributed by atoms with van der Waals surface area (Å²) < 4.78 is 6.52. The van der Waals surface area contributed by atoms with E-state index in [0.29, 0.717) is 12.5 Å². The third-order valence-electron chi connectivity index (χ3n) is 1.64. The number of rotatable bonds is 5. The lowest BCUT2D eigenvalue weighted by Gasteiger charge is -2.04. The Kier molecular flexibility index (Phi) is 5.44. The highest BCUT2D eigenvalue weighted by Gasteiger charge is 1.97. The molecule has 3 heteroatoms. The molecule has 0 N–H and O–H groups in total. The highest BCUT2D eigenvalue weighted by atomic mass is 79.9. The van der Waals surface area contributed by atoms with Crippen molar-refractivity contribution in [1.29, 1.82) is 0 Å². The molecule has 0 aliphatic carbocycles. The summed E-state index contributed by atoms with van der Waals surface area (Å²) >= 11 is 8.98. The van der Waals surface area contributed by atoms with E-state index in [0.717, 1.165) is 17.5 Å². The maximum absolute atomic E-state index is 5.53. The molecular formula is C10H12BrClO. The topological polar surface area (TPSA) is 9.23 Å². The van der Waals surface area contributed by atoms with Gasteiger partial charge in [-0.05, 0) is 18.1 Å². The van der Waals surface area contributed by atoms with Crippen molar-refractivity contribution in [3.63, 3.8) is 0 Å². The fourth-order valence-electron chi connectivity index (χ4n) is 0.954. The van der Waals surface area contributed by atoms with Gasteiger partial charge in [0.1, 0.15) is 0 Å². The zero-order valence-corrected chi connectivity index (χ0v) is 9.64. The molecule has 1 rings (SSSR count). The number of ether oxygens (including phenoxy) is 1. The van der Waals surface area contributed by atoms with Gasteiger partial charge in [0, 0.05) is 17.0 Å². The second-order valence-corrected chi connectivity index (χ2v) is 3.92. The van der Waals surface area contributed by atoms with E-state index >= 15 is 0 Å². The first-order valence-electron chi connectivity index (χ1n) is 4.21. The van der Waals surface area contributed by atoms with Gasteiger partial charge in [0.15, 0.2) is 0 Å². The second-order valence-electron chi connectivity index (χ2n) is 2.69. The van der Waals surface area contributed by atoms with Crippen LogP contribution in [-0.2, 0) is 11.3 Å². The van der Waals surface area contributed by atoms with E-state index in [1.54, 1.807) is 0 Å². The summed E-state index contributed by atoms with van der Waals surface area (Å²) in [5.41, 5.74) is 1.18. The molecule has 0 saturated heterocycles. The molecular weight excluding hydrogens is 251 g/mol. The van der Waals surface area contributed by atoms with E-state index in [2.05, 4.69) is 15.9 Å². The minimum Gasteiger partial charge on any atom is -0.377 e. The molecule has 1 aromatic carbocycles. The Balaban J connectivity index is 2.32. The van der Waals surface area contributed by atoms with Crippen molar-refractivity contribution in [2.75, 3.05) is 12.5 Å². The highest BCUT2D eigenvalue weighted by Crippen LogP contribution is 2.16. The van der Waals surface area contributed by atoms with E-state index in [9.17, 15) is 0 Å². The molecule has 0 aliphatic rings. The minimum atomic E-state index is 0.651. The summed E-state index contributed by atoms with van der Waals surface area (Å²) in [5.74, 6) is 0.663. The molecule has 0 bridgehead atoms. The third-order valence-corrected chi connectivity index (χ3v) is 2.68. The van der Waals surface area contributed by atoms with Gasteiger partial charge in [-0.1, -0.05) is 34.1 Å². The smallest absolute Gasteiger partial charge is 0.0727 e.